The molecule has 2 rings (SSSR count). The first-order chi connectivity index (χ1) is 13.5. The third-order valence-electron chi connectivity index (χ3n) is 4.31. The molecule has 0 aliphatic carbocycles. The van der Waals surface area contributed by atoms with E-state index in [2.05, 4.69) is 5.32 Å². The van der Waals surface area contributed by atoms with Crippen LogP contribution in [0, 0.1) is 10.1 Å². The SMILES string of the molecule is COc1ccccc1CCC(=O)NCCc1cc(OC)c(OC)cc1[N+](=O)[O-]. The quantitative estimate of drug-likeness (QED) is 0.496. The van der Waals surface area contributed by atoms with Crippen molar-refractivity contribution in [1.29, 1.82) is 0 Å². The highest BCUT2D eigenvalue weighted by molar-refractivity contribution is 5.76. The number of hydrogen-bond acceptors (Lipinski definition) is 6. The fourth-order valence-electron chi connectivity index (χ4n) is 2.86. The van der Waals surface area contributed by atoms with Crippen molar-refractivity contribution in [3.63, 3.8) is 0 Å². The molecule has 0 saturated heterocycles. The Morgan fingerprint density at radius 2 is 1.61 bits per heavy atom. The highest BCUT2D eigenvalue weighted by Gasteiger charge is 2.19. The van der Waals surface area contributed by atoms with Gasteiger partial charge in [0, 0.05) is 18.5 Å². The van der Waals surface area contributed by atoms with E-state index in [1.165, 1.54) is 20.3 Å². The smallest absolute Gasteiger partial charge is 0.276 e. The predicted octanol–water partition coefficient (Wildman–Crippen LogP) is 2.91. The molecular weight excluding hydrogens is 364 g/mol. The minimum Gasteiger partial charge on any atom is -0.496 e. The molecule has 150 valence electrons. The lowest BCUT2D eigenvalue weighted by molar-refractivity contribution is -0.385. The van der Waals surface area contributed by atoms with Crippen molar-refractivity contribution in [3.8, 4) is 17.2 Å². The van der Waals surface area contributed by atoms with E-state index in [0.29, 0.717) is 36.3 Å². The number of para-hydroxylation sites is 1. The molecule has 0 fully saturated rings. The summed E-state index contributed by atoms with van der Waals surface area (Å²) in [4.78, 5) is 23.0. The van der Waals surface area contributed by atoms with E-state index in [0.717, 1.165) is 11.3 Å². The molecule has 0 aliphatic heterocycles. The van der Waals surface area contributed by atoms with Crippen molar-refractivity contribution in [2.24, 2.45) is 0 Å². The molecule has 2 aromatic carbocycles. The summed E-state index contributed by atoms with van der Waals surface area (Å²) >= 11 is 0. The molecule has 0 radical (unpaired) electrons. The molecule has 8 heteroatoms. The summed E-state index contributed by atoms with van der Waals surface area (Å²) in [6.07, 6.45) is 1.15. The minimum atomic E-state index is -0.471. The van der Waals surface area contributed by atoms with Gasteiger partial charge in [-0.3, -0.25) is 14.9 Å². The number of nitro benzene ring substituents is 1. The normalized spacial score (nSPS) is 10.2. The number of methoxy groups -OCH3 is 3. The molecule has 0 bridgehead atoms. The zero-order chi connectivity index (χ0) is 20.5. The highest BCUT2D eigenvalue weighted by Crippen LogP contribution is 2.34. The van der Waals surface area contributed by atoms with Crippen LogP contribution in [0.5, 0.6) is 17.2 Å². The van der Waals surface area contributed by atoms with Crippen LogP contribution in [0.25, 0.3) is 0 Å². The number of nitrogens with zero attached hydrogens (tertiary/aromatic N) is 1. The summed E-state index contributed by atoms with van der Waals surface area (Å²) in [5.74, 6) is 1.31. The Morgan fingerprint density at radius 1 is 0.964 bits per heavy atom. The summed E-state index contributed by atoms with van der Waals surface area (Å²) in [6.45, 7) is 0.279. The first kappa shape index (κ1) is 21.0. The first-order valence-electron chi connectivity index (χ1n) is 8.78. The Morgan fingerprint density at radius 3 is 2.25 bits per heavy atom. The number of benzene rings is 2. The van der Waals surface area contributed by atoms with E-state index in [-0.39, 0.29) is 18.1 Å². The summed E-state index contributed by atoms with van der Waals surface area (Å²) in [5, 5.41) is 14.1. The number of nitro groups is 1. The van der Waals surface area contributed by atoms with E-state index in [1.54, 1.807) is 13.2 Å². The zero-order valence-corrected chi connectivity index (χ0v) is 16.2. The average molecular weight is 388 g/mol. The van der Waals surface area contributed by atoms with Crippen LogP contribution >= 0.6 is 0 Å². The van der Waals surface area contributed by atoms with E-state index in [4.69, 9.17) is 14.2 Å². The lowest BCUT2D eigenvalue weighted by Gasteiger charge is -2.11. The van der Waals surface area contributed by atoms with Crippen LogP contribution in [0.15, 0.2) is 36.4 Å². The van der Waals surface area contributed by atoms with Gasteiger partial charge in [-0.25, -0.2) is 0 Å². The van der Waals surface area contributed by atoms with Gasteiger partial charge in [-0.1, -0.05) is 18.2 Å². The molecule has 1 amide bonds. The molecule has 0 saturated carbocycles. The minimum absolute atomic E-state index is 0.0686. The second-order valence-electron chi connectivity index (χ2n) is 6.00. The van der Waals surface area contributed by atoms with Gasteiger partial charge in [0.25, 0.3) is 5.69 Å². The van der Waals surface area contributed by atoms with Crippen LogP contribution in [0.1, 0.15) is 17.5 Å². The molecule has 0 aromatic heterocycles. The molecule has 0 spiro atoms. The Balaban J connectivity index is 1.95. The second-order valence-corrected chi connectivity index (χ2v) is 6.00. The maximum Gasteiger partial charge on any atom is 0.276 e. The first-order valence-corrected chi connectivity index (χ1v) is 8.78. The van der Waals surface area contributed by atoms with E-state index in [1.807, 2.05) is 24.3 Å². The molecule has 8 nitrogen and oxygen atoms in total. The van der Waals surface area contributed by atoms with Crippen LogP contribution in [0.4, 0.5) is 5.69 Å². The molecule has 1 N–H and O–H groups in total. The van der Waals surface area contributed by atoms with Crippen molar-refractivity contribution in [3.05, 3.63) is 57.6 Å². The number of carbonyl (C=O) groups excluding carboxylic acids is 1. The van der Waals surface area contributed by atoms with Crippen LogP contribution in [-0.4, -0.2) is 38.7 Å². The standard InChI is InChI=1S/C20H24N2O6/c1-26-17-7-5-4-6-14(17)8-9-20(23)21-11-10-15-12-18(27-2)19(28-3)13-16(15)22(24)25/h4-7,12-13H,8-11H2,1-3H3,(H,21,23). The Kier molecular flexibility index (Phi) is 7.62. The van der Waals surface area contributed by atoms with E-state index >= 15 is 0 Å². The third-order valence-corrected chi connectivity index (χ3v) is 4.31. The molecule has 0 unspecified atom stereocenters. The number of rotatable bonds is 10. The number of nitrogens with one attached hydrogen (secondary N) is 1. The van der Waals surface area contributed by atoms with Crippen LogP contribution in [0.2, 0.25) is 0 Å². The van der Waals surface area contributed by atoms with Gasteiger partial charge in [-0.2, -0.15) is 0 Å². The van der Waals surface area contributed by atoms with Gasteiger partial charge in [-0.05, 0) is 30.5 Å². The van der Waals surface area contributed by atoms with Gasteiger partial charge in [0.15, 0.2) is 11.5 Å². The Labute approximate surface area is 163 Å². The van der Waals surface area contributed by atoms with Crippen molar-refractivity contribution in [2.75, 3.05) is 27.9 Å². The van der Waals surface area contributed by atoms with Crippen molar-refractivity contribution >= 4 is 11.6 Å². The molecule has 0 aliphatic rings. The summed E-state index contributed by atoms with van der Waals surface area (Å²) in [5.41, 5.74) is 1.35. The predicted molar refractivity (Wildman–Crippen MR) is 104 cm³/mol. The van der Waals surface area contributed by atoms with Gasteiger partial charge < -0.3 is 19.5 Å². The number of hydrogen-bond donors (Lipinski definition) is 1. The van der Waals surface area contributed by atoms with Crippen LogP contribution < -0.4 is 19.5 Å². The van der Waals surface area contributed by atoms with Gasteiger partial charge >= 0.3 is 0 Å². The average Bonchev–Trinajstić information content (AvgIpc) is 2.71. The van der Waals surface area contributed by atoms with Gasteiger partial charge in [0.05, 0.1) is 32.3 Å². The number of carbonyl (C=O) groups is 1. The van der Waals surface area contributed by atoms with E-state index < -0.39 is 4.92 Å². The van der Waals surface area contributed by atoms with Crippen LogP contribution in [-0.2, 0) is 17.6 Å². The monoisotopic (exact) mass is 388 g/mol. The summed E-state index contributed by atoms with van der Waals surface area (Å²) < 4.78 is 15.6. The zero-order valence-electron chi connectivity index (χ0n) is 16.2. The fourth-order valence-corrected chi connectivity index (χ4v) is 2.86. The third kappa shape index (κ3) is 5.35. The van der Waals surface area contributed by atoms with Crippen molar-refractivity contribution < 1.29 is 23.9 Å². The summed E-state index contributed by atoms with van der Waals surface area (Å²) in [6, 6.07) is 10.4. The van der Waals surface area contributed by atoms with Gasteiger partial charge in [0.1, 0.15) is 5.75 Å². The van der Waals surface area contributed by atoms with Crippen molar-refractivity contribution in [2.45, 2.75) is 19.3 Å². The highest BCUT2D eigenvalue weighted by atomic mass is 16.6. The lowest BCUT2D eigenvalue weighted by atomic mass is 10.1. The van der Waals surface area contributed by atoms with Crippen molar-refractivity contribution in [1.82, 2.24) is 5.32 Å². The van der Waals surface area contributed by atoms with E-state index in [9.17, 15) is 14.9 Å². The Bertz CT molecular complexity index is 837. The molecule has 28 heavy (non-hydrogen) atoms. The maximum absolute atomic E-state index is 12.1. The largest absolute Gasteiger partial charge is 0.496 e. The molecule has 2 aromatic rings. The molecule has 0 atom stereocenters. The number of ether oxygens (including phenoxy) is 3. The Hall–Kier alpha value is -3.29. The molecular formula is C20H24N2O6. The molecule has 0 heterocycles. The maximum atomic E-state index is 12.1. The van der Waals surface area contributed by atoms with Gasteiger partial charge in [-0.15, -0.1) is 0 Å². The number of aryl methyl sites for hydroxylation is 1. The fraction of sp³-hybridized carbons (Fsp3) is 0.350. The summed E-state index contributed by atoms with van der Waals surface area (Å²) in [7, 11) is 4.48. The van der Waals surface area contributed by atoms with Crippen LogP contribution in [0.3, 0.4) is 0 Å². The van der Waals surface area contributed by atoms with Gasteiger partial charge in [0.2, 0.25) is 5.91 Å². The lowest BCUT2D eigenvalue weighted by Crippen LogP contribution is -2.26. The number of amides is 1. The second kappa shape index (κ2) is 10.1. The topological polar surface area (TPSA) is 99.9 Å².